The molecule has 0 atom stereocenters. The maximum absolute atomic E-state index is 10.8. The van der Waals surface area contributed by atoms with E-state index >= 15 is 0 Å². The van der Waals surface area contributed by atoms with Crippen LogP contribution in [0.1, 0.15) is 18.9 Å². The molecule has 2 nitrogen and oxygen atoms in total. The highest BCUT2D eigenvalue weighted by molar-refractivity contribution is 9.09. The van der Waals surface area contributed by atoms with E-state index in [1.807, 2.05) is 24.3 Å². The lowest BCUT2D eigenvalue weighted by Crippen LogP contribution is -2.03. The predicted octanol–water partition coefficient (Wildman–Crippen LogP) is 2.94. The number of halogens is 1. The molecule has 0 saturated carbocycles. The molecule has 0 aromatic heterocycles. The van der Waals surface area contributed by atoms with Gasteiger partial charge in [0.05, 0.1) is 0 Å². The highest BCUT2D eigenvalue weighted by atomic mass is 79.9. The van der Waals surface area contributed by atoms with Gasteiger partial charge in [0.15, 0.2) is 0 Å². The fourth-order valence-electron chi connectivity index (χ4n) is 1.22. The number of carbonyl (C=O) groups excluding carboxylic acids is 1. The van der Waals surface area contributed by atoms with Crippen LogP contribution in [0.2, 0.25) is 0 Å². The van der Waals surface area contributed by atoms with Crippen molar-refractivity contribution in [3.05, 3.63) is 29.8 Å². The van der Waals surface area contributed by atoms with Crippen LogP contribution in [0.25, 0.3) is 0 Å². The van der Waals surface area contributed by atoms with E-state index in [4.69, 9.17) is 4.74 Å². The number of ether oxygens (including phenoxy) is 1. The Morgan fingerprint density at radius 3 is 2.79 bits per heavy atom. The predicted molar refractivity (Wildman–Crippen MR) is 59.9 cm³/mol. The van der Waals surface area contributed by atoms with Gasteiger partial charge in [-0.05, 0) is 24.5 Å². The molecule has 1 aromatic rings. The third-order valence-electron chi connectivity index (χ3n) is 1.81. The van der Waals surface area contributed by atoms with Crippen LogP contribution in [0.4, 0.5) is 0 Å². The Hall–Kier alpha value is -0.830. The normalized spacial score (nSPS) is 9.86. The Morgan fingerprint density at radius 1 is 1.43 bits per heavy atom. The minimum Gasteiger partial charge on any atom is -0.426 e. The lowest BCUT2D eigenvalue weighted by atomic mass is 10.1. The van der Waals surface area contributed by atoms with E-state index in [2.05, 4.69) is 15.9 Å². The first kappa shape index (κ1) is 11.2. The molecule has 0 fully saturated rings. The molecule has 0 bridgehead atoms. The molecule has 1 rings (SSSR count). The number of hydrogen-bond acceptors (Lipinski definition) is 2. The van der Waals surface area contributed by atoms with Crippen molar-refractivity contribution in [3.8, 4) is 5.75 Å². The van der Waals surface area contributed by atoms with Crippen molar-refractivity contribution in [1.29, 1.82) is 0 Å². The minimum atomic E-state index is -0.267. The second-order valence-corrected chi connectivity index (χ2v) is 3.79. The second kappa shape index (κ2) is 5.81. The molecule has 0 saturated heterocycles. The molecule has 0 radical (unpaired) electrons. The number of aryl methyl sites for hydroxylation is 1. The average molecular weight is 257 g/mol. The van der Waals surface area contributed by atoms with Crippen LogP contribution in [-0.2, 0) is 11.2 Å². The third-order valence-corrected chi connectivity index (χ3v) is 2.37. The first-order valence-corrected chi connectivity index (χ1v) is 5.68. The van der Waals surface area contributed by atoms with Gasteiger partial charge in [0.25, 0.3) is 0 Å². The summed E-state index contributed by atoms with van der Waals surface area (Å²) in [6.07, 6.45) is 1.97. The summed E-state index contributed by atoms with van der Waals surface area (Å²) in [5, 5.41) is 0.960. The molecule has 76 valence electrons. The minimum absolute atomic E-state index is 0.267. The zero-order chi connectivity index (χ0) is 10.4. The number of alkyl halides is 1. The quantitative estimate of drug-likeness (QED) is 0.471. The van der Waals surface area contributed by atoms with Crippen molar-refractivity contribution in [2.75, 3.05) is 5.33 Å². The maximum Gasteiger partial charge on any atom is 0.308 e. The first-order valence-electron chi connectivity index (χ1n) is 4.56. The molecular formula is C11H13BrO2. The highest BCUT2D eigenvalue weighted by Gasteiger charge is 2.04. The van der Waals surface area contributed by atoms with Gasteiger partial charge >= 0.3 is 5.97 Å². The number of esters is 1. The van der Waals surface area contributed by atoms with Crippen LogP contribution < -0.4 is 4.74 Å². The van der Waals surface area contributed by atoms with E-state index in [0.29, 0.717) is 5.75 Å². The Morgan fingerprint density at radius 2 is 2.14 bits per heavy atom. The largest absolute Gasteiger partial charge is 0.426 e. The van der Waals surface area contributed by atoms with Crippen molar-refractivity contribution >= 4 is 21.9 Å². The summed E-state index contributed by atoms with van der Waals surface area (Å²) in [4.78, 5) is 10.8. The fraction of sp³-hybridized carbons (Fsp3) is 0.364. The molecule has 0 aliphatic carbocycles. The van der Waals surface area contributed by atoms with Gasteiger partial charge in [-0.25, -0.2) is 0 Å². The molecular weight excluding hydrogens is 244 g/mol. The van der Waals surface area contributed by atoms with Gasteiger partial charge in [-0.15, -0.1) is 0 Å². The standard InChI is InChI=1S/C11H13BrO2/c1-9(13)14-11-7-3-2-5-10(11)6-4-8-12/h2-3,5,7H,4,6,8H2,1H3. The second-order valence-electron chi connectivity index (χ2n) is 2.99. The molecule has 0 amide bonds. The third kappa shape index (κ3) is 3.50. The fourth-order valence-corrected chi connectivity index (χ4v) is 1.50. The average Bonchev–Trinajstić information content (AvgIpc) is 2.16. The lowest BCUT2D eigenvalue weighted by Gasteiger charge is -2.07. The zero-order valence-electron chi connectivity index (χ0n) is 8.13. The summed E-state index contributed by atoms with van der Waals surface area (Å²) in [6.45, 7) is 1.42. The Bertz CT molecular complexity index is 310. The van der Waals surface area contributed by atoms with Gasteiger partial charge in [0.2, 0.25) is 0 Å². The van der Waals surface area contributed by atoms with E-state index in [9.17, 15) is 4.79 Å². The molecule has 0 aliphatic rings. The monoisotopic (exact) mass is 256 g/mol. The van der Waals surface area contributed by atoms with Crippen LogP contribution in [-0.4, -0.2) is 11.3 Å². The molecule has 3 heteroatoms. The Labute approximate surface area is 92.4 Å². The van der Waals surface area contributed by atoms with Crippen molar-refractivity contribution in [3.63, 3.8) is 0 Å². The lowest BCUT2D eigenvalue weighted by molar-refractivity contribution is -0.131. The molecule has 14 heavy (non-hydrogen) atoms. The van der Waals surface area contributed by atoms with Crippen LogP contribution in [0.5, 0.6) is 5.75 Å². The highest BCUT2D eigenvalue weighted by Crippen LogP contribution is 2.19. The smallest absolute Gasteiger partial charge is 0.308 e. The van der Waals surface area contributed by atoms with Gasteiger partial charge in [-0.3, -0.25) is 4.79 Å². The Balaban J connectivity index is 2.74. The number of hydrogen-bond donors (Lipinski definition) is 0. The van der Waals surface area contributed by atoms with E-state index in [1.165, 1.54) is 6.92 Å². The summed E-state index contributed by atoms with van der Waals surface area (Å²) < 4.78 is 5.09. The van der Waals surface area contributed by atoms with Gasteiger partial charge in [0.1, 0.15) is 5.75 Å². The SMILES string of the molecule is CC(=O)Oc1ccccc1CCCBr. The van der Waals surface area contributed by atoms with E-state index in [1.54, 1.807) is 0 Å². The van der Waals surface area contributed by atoms with Crippen molar-refractivity contribution < 1.29 is 9.53 Å². The van der Waals surface area contributed by atoms with Crippen LogP contribution >= 0.6 is 15.9 Å². The van der Waals surface area contributed by atoms with Crippen LogP contribution in [0, 0.1) is 0 Å². The summed E-state index contributed by atoms with van der Waals surface area (Å²) in [5.41, 5.74) is 1.09. The Kier molecular flexibility index (Phi) is 4.66. The number of rotatable bonds is 4. The summed E-state index contributed by atoms with van der Waals surface area (Å²) in [5.74, 6) is 0.414. The maximum atomic E-state index is 10.8. The van der Waals surface area contributed by atoms with Gasteiger partial charge in [-0.2, -0.15) is 0 Å². The molecule has 0 N–H and O–H groups in total. The van der Waals surface area contributed by atoms with Crippen molar-refractivity contribution in [2.24, 2.45) is 0 Å². The van der Waals surface area contributed by atoms with Crippen LogP contribution in [0.15, 0.2) is 24.3 Å². The summed E-state index contributed by atoms with van der Waals surface area (Å²) in [6, 6.07) is 7.64. The van der Waals surface area contributed by atoms with Crippen molar-refractivity contribution in [2.45, 2.75) is 19.8 Å². The van der Waals surface area contributed by atoms with Gasteiger partial charge in [-0.1, -0.05) is 34.1 Å². The van der Waals surface area contributed by atoms with E-state index in [0.717, 1.165) is 23.7 Å². The summed E-state index contributed by atoms with van der Waals surface area (Å²) in [7, 11) is 0. The number of carbonyl (C=O) groups is 1. The topological polar surface area (TPSA) is 26.3 Å². The van der Waals surface area contributed by atoms with Gasteiger partial charge < -0.3 is 4.74 Å². The van der Waals surface area contributed by atoms with Crippen LogP contribution in [0.3, 0.4) is 0 Å². The molecule has 0 unspecified atom stereocenters. The number of para-hydroxylation sites is 1. The van der Waals surface area contributed by atoms with Gasteiger partial charge in [0, 0.05) is 12.3 Å². The zero-order valence-corrected chi connectivity index (χ0v) is 9.71. The molecule has 1 aromatic carbocycles. The number of benzene rings is 1. The van der Waals surface area contributed by atoms with E-state index in [-0.39, 0.29) is 5.97 Å². The first-order chi connectivity index (χ1) is 6.74. The molecule has 0 aliphatic heterocycles. The molecule has 0 spiro atoms. The van der Waals surface area contributed by atoms with E-state index < -0.39 is 0 Å². The van der Waals surface area contributed by atoms with Crippen molar-refractivity contribution in [1.82, 2.24) is 0 Å². The molecule has 0 heterocycles. The summed E-state index contributed by atoms with van der Waals surface area (Å²) >= 11 is 3.37.